The number of para-hydroxylation sites is 1. The topological polar surface area (TPSA) is 29.5 Å². The van der Waals surface area contributed by atoms with Crippen molar-refractivity contribution in [2.24, 2.45) is 5.92 Å². The molecule has 0 spiro atoms. The van der Waals surface area contributed by atoms with Crippen LogP contribution in [0.3, 0.4) is 0 Å². The molecule has 3 heteroatoms. The van der Waals surface area contributed by atoms with Crippen molar-refractivity contribution in [3.8, 4) is 5.75 Å². The first-order chi connectivity index (χ1) is 8.66. The van der Waals surface area contributed by atoms with Gasteiger partial charge in [0.2, 0.25) is 0 Å². The highest BCUT2D eigenvalue weighted by atomic mass is 16.5. The lowest BCUT2D eigenvalue weighted by atomic mass is 9.99. The van der Waals surface area contributed by atoms with Crippen molar-refractivity contribution in [1.82, 2.24) is 4.90 Å². The van der Waals surface area contributed by atoms with E-state index in [0.717, 1.165) is 37.6 Å². The Morgan fingerprint density at radius 2 is 1.89 bits per heavy atom. The van der Waals surface area contributed by atoms with Crippen molar-refractivity contribution in [2.45, 2.75) is 32.8 Å². The molecule has 1 aromatic rings. The molecule has 0 saturated carbocycles. The lowest BCUT2D eigenvalue weighted by Gasteiger charge is -2.32. The minimum Gasteiger partial charge on any atom is -0.481 e. The van der Waals surface area contributed by atoms with E-state index in [0.29, 0.717) is 0 Å². The van der Waals surface area contributed by atoms with Crippen LogP contribution < -0.4 is 4.74 Å². The first kappa shape index (κ1) is 12.9. The summed E-state index contributed by atoms with van der Waals surface area (Å²) >= 11 is 0. The quantitative estimate of drug-likeness (QED) is 0.822. The van der Waals surface area contributed by atoms with Gasteiger partial charge in [-0.05, 0) is 37.8 Å². The summed E-state index contributed by atoms with van der Waals surface area (Å²) in [5.41, 5.74) is 0. The predicted octanol–water partition coefficient (Wildman–Crippen LogP) is 2.71. The van der Waals surface area contributed by atoms with Gasteiger partial charge < -0.3 is 9.64 Å². The summed E-state index contributed by atoms with van der Waals surface area (Å²) in [6, 6.07) is 9.51. The first-order valence-corrected chi connectivity index (χ1v) is 6.67. The van der Waals surface area contributed by atoms with Crippen molar-refractivity contribution in [2.75, 3.05) is 13.1 Å². The van der Waals surface area contributed by atoms with Gasteiger partial charge in [0.1, 0.15) is 5.75 Å². The lowest BCUT2D eigenvalue weighted by molar-refractivity contribution is -0.139. The van der Waals surface area contributed by atoms with Gasteiger partial charge in [0.15, 0.2) is 6.10 Å². The van der Waals surface area contributed by atoms with E-state index in [-0.39, 0.29) is 5.91 Å². The number of carbonyl (C=O) groups is 1. The van der Waals surface area contributed by atoms with Gasteiger partial charge in [-0.3, -0.25) is 4.79 Å². The summed E-state index contributed by atoms with van der Waals surface area (Å²) in [4.78, 5) is 14.1. The van der Waals surface area contributed by atoms with E-state index in [4.69, 9.17) is 4.74 Å². The Labute approximate surface area is 109 Å². The number of amides is 1. The molecule has 1 amide bonds. The first-order valence-electron chi connectivity index (χ1n) is 6.67. The molecule has 98 valence electrons. The van der Waals surface area contributed by atoms with Crippen LogP contribution >= 0.6 is 0 Å². The second-order valence-corrected chi connectivity index (χ2v) is 5.08. The highest BCUT2D eigenvalue weighted by Crippen LogP contribution is 2.18. The van der Waals surface area contributed by atoms with Gasteiger partial charge in [-0.25, -0.2) is 0 Å². The predicted molar refractivity (Wildman–Crippen MR) is 71.5 cm³/mol. The Morgan fingerprint density at radius 3 is 2.50 bits per heavy atom. The molecule has 0 N–H and O–H groups in total. The van der Waals surface area contributed by atoms with E-state index in [9.17, 15) is 4.79 Å². The molecule has 0 bridgehead atoms. The van der Waals surface area contributed by atoms with Crippen LogP contribution in [-0.2, 0) is 4.79 Å². The molecule has 1 aliphatic rings. The van der Waals surface area contributed by atoms with E-state index < -0.39 is 6.10 Å². The second-order valence-electron chi connectivity index (χ2n) is 5.08. The number of nitrogens with zero attached hydrogens (tertiary/aromatic N) is 1. The molecule has 1 heterocycles. The van der Waals surface area contributed by atoms with Gasteiger partial charge in [-0.1, -0.05) is 25.1 Å². The van der Waals surface area contributed by atoms with Crippen LogP contribution in [0.25, 0.3) is 0 Å². The fraction of sp³-hybridized carbons (Fsp3) is 0.533. The maximum absolute atomic E-state index is 12.2. The number of ether oxygens (including phenoxy) is 1. The van der Waals surface area contributed by atoms with Crippen LogP contribution in [0.4, 0.5) is 0 Å². The highest BCUT2D eigenvalue weighted by Gasteiger charge is 2.25. The minimum atomic E-state index is -0.402. The van der Waals surface area contributed by atoms with Crippen molar-refractivity contribution in [3.63, 3.8) is 0 Å². The number of piperidine rings is 1. The smallest absolute Gasteiger partial charge is 0.263 e. The van der Waals surface area contributed by atoms with Gasteiger partial charge in [-0.2, -0.15) is 0 Å². The molecule has 0 aromatic heterocycles. The molecule has 1 atom stereocenters. The van der Waals surface area contributed by atoms with Crippen molar-refractivity contribution < 1.29 is 9.53 Å². The Hall–Kier alpha value is -1.51. The standard InChI is InChI=1S/C15H21NO2/c1-12-8-10-16(11-9-12)15(17)13(2)18-14-6-4-3-5-7-14/h3-7,12-13H,8-11H2,1-2H3/t13-/m0/s1. The molecular formula is C15H21NO2. The van der Waals surface area contributed by atoms with E-state index in [1.807, 2.05) is 42.2 Å². The van der Waals surface area contributed by atoms with Gasteiger partial charge in [0, 0.05) is 13.1 Å². The third kappa shape index (κ3) is 3.25. The zero-order valence-corrected chi connectivity index (χ0v) is 11.1. The molecule has 1 saturated heterocycles. The molecule has 0 unspecified atom stereocenters. The second kappa shape index (κ2) is 5.89. The Balaban J connectivity index is 1.89. The largest absolute Gasteiger partial charge is 0.481 e. The highest BCUT2D eigenvalue weighted by molar-refractivity contribution is 5.81. The SMILES string of the molecule is CC1CCN(C(=O)[C@H](C)Oc2ccccc2)CC1. The molecule has 1 aromatic carbocycles. The number of hydrogen-bond acceptors (Lipinski definition) is 2. The van der Waals surface area contributed by atoms with Crippen LogP contribution in [0.1, 0.15) is 26.7 Å². The number of carbonyl (C=O) groups excluding carboxylic acids is 1. The summed E-state index contributed by atoms with van der Waals surface area (Å²) < 4.78 is 5.66. The summed E-state index contributed by atoms with van der Waals surface area (Å²) in [6.07, 6.45) is 1.80. The van der Waals surface area contributed by atoms with Crippen LogP contribution in [0.5, 0.6) is 5.75 Å². The molecule has 1 fully saturated rings. The summed E-state index contributed by atoms with van der Waals surface area (Å²) in [7, 11) is 0. The molecule has 2 rings (SSSR count). The average Bonchev–Trinajstić information content (AvgIpc) is 2.40. The molecular weight excluding hydrogens is 226 g/mol. The molecule has 3 nitrogen and oxygen atoms in total. The molecule has 18 heavy (non-hydrogen) atoms. The number of rotatable bonds is 3. The maximum Gasteiger partial charge on any atom is 0.263 e. The number of likely N-dealkylation sites (tertiary alicyclic amines) is 1. The van der Waals surface area contributed by atoms with E-state index >= 15 is 0 Å². The maximum atomic E-state index is 12.2. The van der Waals surface area contributed by atoms with Gasteiger partial charge in [0.25, 0.3) is 5.91 Å². The third-order valence-corrected chi connectivity index (χ3v) is 3.50. The van der Waals surface area contributed by atoms with Crippen molar-refractivity contribution in [1.29, 1.82) is 0 Å². The van der Waals surface area contributed by atoms with Gasteiger partial charge in [-0.15, -0.1) is 0 Å². The number of benzene rings is 1. The van der Waals surface area contributed by atoms with Gasteiger partial charge in [0.05, 0.1) is 0 Å². The van der Waals surface area contributed by atoms with Crippen molar-refractivity contribution in [3.05, 3.63) is 30.3 Å². The molecule has 0 radical (unpaired) electrons. The summed E-state index contributed by atoms with van der Waals surface area (Å²) in [5, 5.41) is 0. The normalized spacial score (nSPS) is 18.4. The summed E-state index contributed by atoms with van der Waals surface area (Å²) in [6.45, 7) is 5.80. The fourth-order valence-electron chi connectivity index (χ4n) is 2.24. The van der Waals surface area contributed by atoms with E-state index in [1.54, 1.807) is 0 Å². The van der Waals surface area contributed by atoms with Crippen LogP contribution in [0.2, 0.25) is 0 Å². The van der Waals surface area contributed by atoms with Crippen molar-refractivity contribution >= 4 is 5.91 Å². The molecule has 0 aliphatic carbocycles. The molecule has 1 aliphatic heterocycles. The zero-order chi connectivity index (χ0) is 13.0. The van der Waals surface area contributed by atoms with E-state index in [1.165, 1.54) is 0 Å². The Bertz CT molecular complexity index is 383. The summed E-state index contributed by atoms with van der Waals surface area (Å²) in [5.74, 6) is 1.59. The monoisotopic (exact) mass is 247 g/mol. The Morgan fingerprint density at radius 1 is 1.28 bits per heavy atom. The Kier molecular flexibility index (Phi) is 4.24. The fourth-order valence-corrected chi connectivity index (χ4v) is 2.24. The van der Waals surface area contributed by atoms with Crippen LogP contribution in [0, 0.1) is 5.92 Å². The lowest BCUT2D eigenvalue weighted by Crippen LogP contribution is -2.44. The average molecular weight is 247 g/mol. The van der Waals surface area contributed by atoms with E-state index in [2.05, 4.69) is 6.92 Å². The number of hydrogen-bond donors (Lipinski definition) is 0. The van der Waals surface area contributed by atoms with Gasteiger partial charge >= 0.3 is 0 Å². The van der Waals surface area contributed by atoms with Crippen LogP contribution in [0.15, 0.2) is 30.3 Å². The zero-order valence-electron chi connectivity index (χ0n) is 11.1. The van der Waals surface area contributed by atoms with Crippen LogP contribution in [-0.4, -0.2) is 30.0 Å². The minimum absolute atomic E-state index is 0.103. The third-order valence-electron chi connectivity index (χ3n) is 3.50.